The number of ether oxygens (including phenoxy) is 2. The van der Waals surface area contributed by atoms with Gasteiger partial charge in [-0.2, -0.15) is 0 Å². The van der Waals surface area contributed by atoms with Crippen LogP contribution in [0.4, 0.5) is 0 Å². The molecule has 2 nitrogen and oxygen atoms in total. The zero-order valence-electron chi connectivity index (χ0n) is 14.3. The molecule has 0 unspecified atom stereocenters. The fourth-order valence-corrected chi connectivity index (χ4v) is 5.89. The fourth-order valence-electron chi connectivity index (χ4n) is 4.72. The van der Waals surface area contributed by atoms with Crippen LogP contribution in [0.3, 0.4) is 0 Å². The molecular formula is C22H24O2S. The fraction of sp³-hybridized carbons (Fsp3) is 0.455. The highest BCUT2D eigenvalue weighted by Crippen LogP contribution is 2.53. The average molecular weight is 352 g/mol. The van der Waals surface area contributed by atoms with Crippen LogP contribution < -0.4 is 4.74 Å². The summed E-state index contributed by atoms with van der Waals surface area (Å²) in [4.78, 5) is 1.27. The van der Waals surface area contributed by atoms with Crippen LogP contribution in [-0.2, 0) is 4.74 Å². The summed E-state index contributed by atoms with van der Waals surface area (Å²) in [6.07, 6.45) is 7.09. The number of fused-ring (bicyclic) bond motifs is 4. The van der Waals surface area contributed by atoms with E-state index in [2.05, 4.69) is 54.6 Å². The maximum absolute atomic E-state index is 6.70. The molecule has 0 N–H and O–H groups in total. The summed E-state index contributed by atoms with van der Waals surface area (Å²) in [5.41, 5.74) is 1.38. The zero-order chi connectivity index (χ0) is 16.6. The van der Waals surface area contributed by atoms with E-state index >= 15 is 0 Å². The van der Waals surface area contributed by atoms with Gasteiger partial charge in [-0.05, 0) is 43.4 Å². The van der Waals surface area contributed by atoms with Gasteiger partial charge in [-0.1, -0.05) is 61.0 Å². The third-order valence-corrected chi connectivity index (χ3v) is 7.16. The summed E-state index contributed by atoms with van der Waals surface area (Å²) in [7, 11) is 0. The van der Waals surface area contributed by atoms with E-state index in [0.717, 1.165) is 5.75 Å². The highest BCUT2D eigenvalue weighted by atomic mass is 32.2. The van der Waals surface area contributed by atoms with Crippen molar-refractivity contribution in [1.82, 2.24) is 0 Å². The second kappa shape index (κ2) is 6.69. The smallest absolute Gasteiger partial charge is 0.154 e. The number of hydrogen-bond acceptors (Lipinski definition) is 3. The van der Waals surface area contributed by atoms with Crippen molar-refractivity contribution >= 4 is 11.8 Å². The van der Waals surface area contributed by atoms with Crippen LogP contribution in [0.2, 0.25) is 0 Å². The average Bonchev–Trinajstić information content (AvgIpc) is 2.68. The molecule has 2 aromatic rings. The molecule has 0 aromatic heterocycles. The molecule has 0 radical (unpaired) electrons. The van der Waals surface area contributed by atoms with Gasteiger partial charge in [0.15, 0.2) is 5.44 Å². The van der Waals surface area contributed by atoms with Gasteiger partial charge in [0.25, 0.3) is 0 Å². The molecule has 0 bridgehead atoms. The highest BCUT2D eigenvalue weighted by Gasteiger charge is 2.47. The Morgan fingerprint density at radius 3 is 2.60 bits per heavy atom. The Balaban J connectivity index is 1.48. The Morgan fingerprint density at radius 2 is 1.68 bits per heavy atom. The van der Waals surface area contributed by atoms with E-state index < -0.39 is 0 Å². The first-order chi connectivity index (χ1) is 12.4. The van der Waals surface area contributed by atoms with Gasteiger partial charge in [0, 0.05) is 16.4 Å². The normalized spacial score (nSPS) is 33.5. The molecule has 1 saturated heterocycles. The minimum absolute atomic E-state index is 0.130. The molecule has 1 aliphatic carbocycles. The summed E-state index contributed by atoms with van der Waals surface area (Å²) in [6.45, 7) is 0. The van der Waals surface area contributed by atoms with Crippen molar-refractivity contribution in [3.05, 3.63) is 60.2 Å². The first kappa shape index (κ1) is 15.8. The highest BCUT2D eigenvalue weighted by molar-refractivity contribution is 7.99. The van der Waals surface area contributed by atoms with Crippen molar-refractivity contribution in [2.45, 2.75) is 54.6 Å². The lowest BCUT2D eigenvalue weighted by Crippen LogP contribution is -2.45. The molecule has 2 fully saturated rings. The molecule has 5 rings (SSSR count). The summed E-state index contributed by atoms with van der Waals surface area (Å²) in [5, 5.41) is 0. The first-order valence-corrected chi connectivity index (χ1v) is 10.4. The maximum Gasteiger partial charge on any atom is 0.154 e. The van der Waals surface area contributed by atoms with Gasteiger partial charge in [-0.25, -0.2) is 0 Å². The standard InChI is InChI=1S/C22H24O2S/c1-2-9-16(10-3-1)25-22-18-14-15-8-4-6-12-19(15)23-21(18)17-11-5-7-13-20(17)24-22/h1-3,5,7,9-11,13,15,18-19,21-22H,4,6,8,12,14H2/t15-,18-,19-,21-,22+/m1/s1. The van der Waals surface area contributed by atoms with Crippen LogP contribution in [0.1, 0.15) is 43.8 Å². The summed E-state index contributed by atoms with van der Waals surface area (Å²) in [5.74, 6) is 2.15. The van der Waals surface area contributed by atoms with E-state index in [4.69, 9.17) is 9.47 Å². The summed E-state index contributed by atoms with van der Waals surface area (Å²) in [6, 6.07) is 19.1. The van der Waals surface area contributed by atoms with Crippen LogP contribution in [-0.4, -0.2) is 11.5 Å². The van der Waals surface area contributed by atoms with Gasteiger partial charge in [-0.3, -0.25) is 0 Å². The third kappa shape index (κ3) is 2.98. The SMILES string of the molecule is c1ccc(S[C@@H]2Oc3ccccc3[C@H]3O[C@@H]4CCCC[C@@H]4C[C@H]32)cc1. The lowest BCUT2D eigenvalue weighted by molar-refractivity contribution is -0.150. The van der Waals surface area contributed by atoms with Crippen LogP contribution in [0.25, 0.3) is 0 Å². The molecule has 5 atom stereocenters. The molecule has 1 saturated carbocycles. The molecule has 0 spiro atoms. The van der Waals surface area contributed by atoms with Crippen molar-refractivity contribution < 1.29 is 9.47 Å². The van der Waals surface area contributed by atoms with Gasteiger partial charge in [-0.15, -0.1) is 0 Å². The van der Waals surface area contributed by atoms with E-state index in [-0.39, 0.29) is 11.5 Å². The van der Waals surface area contributed by atoms with Crippen LogP contribution in [0.15, 0.2) is 59.5 Å². The molecule has 0 amide bonds. The van der Waals surface area contributed by atoms with Gasteiger partial charge in [0.05, 0.1) is 12.2 Å². The second-order valence-corrected chi connectivity index (χ2v) is 8.67. The minimum Gasteiger partial charge on any atom is -0.479 e. The lowest BCUT2D eigenvalue weighted by Gasteiger charge is -2.48. The quantitative estimate of drug-likeness (QED) is 0.677. The zero-order valence-corrected chi connectivity index (χ0v) is 15.2. The molecule has 130 valence electrons. The van der Waals surface area contributed by atoms with Gasteiger partial charge >= 0.3 is 0 Å². The van der Waals surface area contributed by atoms with Gasteiger partial charge in [0.1, 0.15) is 5.75 Å². The predicted molar refractivity (Wildman–Crippen MR) is 101 cm³/mol. The molecule has 2 aliphatic heterocycles. The predicted octanol–water partition coefficient (Wildman–Crippen LogP) is 5.83. The number of para-hydroxylation sites is 1. The number of hydrogen-bond donors (Lipinski definition) is 0. The van der Waals surface area contributed by atoms with Gasteiger partial charge in [0.2, 0.25) is 0 Å². The van der Waals surface area contributed by atoms with Crippen molar-refractivity contribution in [3.63, 3.8) is 0 Å². The molecule has 3 aliphatic rings. The number of benzene rings is 2. The Labute approximate surface area is 153 Å². The first-order valence-electron chi connectivity index (χ1n) is 9.51. The molecule has 2 heterocycles. The van der Waals surface area contributed by atoms with Crippen LogP contribution in [0.5, 0.6) is 5.75 Å². The Kier molecular flexibility index (Phi) is 4.23. The van der Waals surface area contributed by atoms with E-state index in [1.165, 1.54) is 42.6 Å². The largest absolute Gasteiger partial charge is 0.479 e. The number of thioether (sulfide) groups is 1. The Bertz CT molecular complexity index is 732. The van der Waals surface area contributed by atoms with Crippen molar-refractivity contribution in [2.75, 3.05) is 0 Å². The summed E-state index contributed by atoms with van der Waals surface area (Å²) < 4.78 is 13.2. The monoisotopic (exact) mass is 352 g/mol. The summed E-state index contributed by atoms with van der Waals surface area (Å²) >= 11 is 1.85. The van der Waals surface area contributed by atoms with E-state index in [9.17, 15) is 0 Å². The van der Waals surface area contributed by atoms with E-state index in [0.29, 0.717) is 17.9 Å². The van der Waals surface area contributed by atoms with Crippen molar-refractivity contribution in [2.24, 2.45) is 11.8 Å². The number of rotatable bonds is 2. The van der Waals surface area contributed by atoms with Crippen LogP contribution in [0, 0.1) is 11.8 Å². The van der Waals surface area contributed by atoms with Gasteiger partial charge < -0.3 is 9.47 Å². The Morgan fingerprint density at radius 1 is 0.880 bits per heavy atom. The third-order valence-electron chi connectivity index (χ3n) is 5.94. The minimum atomic E-state index is 0.130. The van der Waals surface area contributed by atoms with E-state index in [1.807, 2.05) is 11.8 Å². The molecular weight excluding hydrogens is 328 g/mol. The van der Waals surface area contributed by atoms with Crippen LogP contribution >= 0.6 is 11.8 Å². The van der Waals surface area contributed by atoms with Crippen molar-refractivity contribution in [1.29, 1.82) is 0 Å². The maximum atomic E-state index is 6.70. The van der Waals surface area contributed by atoms with Crippen molar-refractivity contribution in [3.8, 4) is 5.75 Å². The molecule has 2 aromatic carbocycles. The topological polar surface area (TPSA) is 18.5 Å². The van der Waals surface area contributed by atoms with E-state index in [1.54, 1.807) is 0 Å². The lowest BCUT2D eigenvalue weighted by atomic mass is 9.74. The molecule has 3 heteroatoms. The molecule has 25 heavy (non-hydrogen) atoms. The second-order valence-electron chi connectivity index (χ2n) is 7.49. The Hall–Kier alpha value is -1.45.